The summed E-state index contributed by atoms with van der Waals surface area (Å²) in [6.45, 7) is 3.94. The number of methoxy groups -OCH3 is 2. The number of ether oxygens (including phenoxy) is 2. The Kier molecular flexibility index (Phi) is 12.4. The van der Waals surface area contributed by atoms with Crippen LogP contribution in [0.3, 0.4) is 0 Å². The second-order valence-electron chi connectivity index (χ2n) is 11.2. The molecule has 0 aromatic heterocycles. The predicted molar refractivity (Wildman–Crippen MR) is 184 cm³/mol. The van der Waals surface area contributed by atoms with Gasteiger partial charge in [-0.3, -0.25) is 13.9 Å². The summed E-state index contributed by atoms with van der Waals surface area (Å²) >= 11 is 0. The first-order chi connectivity index (χ1) is 22.7. The number of amides is 2. The van der Waals surface area contributed by atoms with Crippen molar-refractivity contribution >= 4 is 27.5 Å². The predicted octanol–water partition coefficient (Wildman–Crippen LogP) is 5.76. The molecular weight excluding hydrogens is 614 g/mol. The van der Waals surface area contributed by atoms with Crippen molar-refractivity contribution < 1.29 is 27.5 Å². The summed E-state index contributed by atoms with van der Waals surface area (Å²) in [5, 5.41) is 3.01. The highest BCUT2D eigenvalue weighted by atomic mass is 32.2. The molecule has 10 heteroatoms. The molecular formula is C37H43N3O6S. The van der Waals surface area contributed by atoms with Crippen molar-refractivity contribution in [1.82, 2.24) is 10.2 Å². The molecule has 0 heterocycles. The lowest BCUT2D eigenvalue weighted by atomic mass is 10.0. The third-order valence-corrected chi connectivity index (χ3v) is 9.74. The second-order valence-corrected chi connectivity index (χ2v) is 13.0. The standard InChI is InChI=1S/C37H43N3O6S/c1-5-6-23-38-37(42)34(24-29-16-9-7-10-17-29)39(26-30-18-14-13-15-28(30)2)36(41)27-40(47(43,44)32-19-11-8-12-20-32)33-25-31(45-3)21-22-35(33)46-4/h7-22,25,34H,5-6,23-24,26-27H2,1-4H3,(H,38,42)/t34-/m0/s1. The average Bonchev–Trinajstić information content (AvgIpc) is 3.09. The van der Waals surface area contributed by atoms with Gasteiger partial charge in [0.2, 0.25) is 11.8 Å². The van der Waals surface area contributed by atoms with E-state index in [-0.39, 0.29) is 35.2 Å². The highest BCUT2D eigenvalue weighted by Crippen LogP contribution is 2.36. The molecule has 0 unspecified atom stereocenters. The van der Waals surface area contributed by atoms with Gasteiger partial charge in [0.25, 0.3) is 10.0 Å². The van der Waals surface area contributed by atoms with Crippen molar-refractivity contribution in [2.24, 2.45) is 0 Å². The Hall–Kier alpha value is -4.83. The minimum absolute atomic E-state index is 0.00118. The van der Waals surface area contributed by atoms with Crippen LogP contribution in [0.4, 0.5) is 5.69 Å². The van der Waals surface area contributed by atoms with E-state index in [0.717, 1.165) is 33.8 Å². The second kappa shape index (κ2) is 16.6. The molecule has 1 atom stereocenters. The molecule has 4 aromatic carbocycles. The lowest BCUT2D eigenvalue weighted by Gasteiger charge is -2.34. The molecule has 0 bridgehead atoms. The molecule has 0 aliphatic carbocycles. The van der Waals surface area contributed by atoms with Crippen LogP contribution in [0.25, 0.3) is 0 Å². The molecule has 0 radical (unpaired) electrons. The van der Waals surface area contributed by atoms with E-state index < -0.39 is 28.5 Å². The Morgan fingerprint density at radius 1 is 0.851 bits per heavy atom. The Balaban J connectivity index is 1.85. The van der Waals surface area contributed by atoms with Crippen LogP contribution in [0.2, 0.25) is 0 Å². The highest BCUT2D eigenvalue weighted by molar-refractivity contribution is 7.92. The van der Waals surface area contributed by atoms with Crippen molar-refractivity contribution in [3.8, 4) is 11.5 Å². The van der Waals surface area contributed by atoms with Crippen molar-refractivity contribution in [2.75, 3.05) is 31.6 Å². The molecule has 9 nitrogen and oxygen atoms in total. The summed E-state index contributed by atoms with van der Waals surface area (Å²) in [4.78, 5) is 30.1. The van der Waals surface area contributed by atoms with Crippen molar-refractivity contribution in [2.45, 2.75) is 50.6 Å². The fourth-order valence-corrected chi connectivity index (χ4v) is 6.69. The first kappa shape index (κ1) is 35.0. The van der Waals surface area contributed by atoms with Gasteiger partial charge in [-0.15, -0.1) is 0 Å². The molecule has 4 aromatic rings. The number of hydrogen-bond acceptors (Lipinski definition) is 6. The molecule has 47 heavy (non-hydrogen) atoms. The van der Waals surface area contributed by atoms with Gasteiger partial charge >= 0.3 is 0 Å². The number of unbranched alkanes of at least 4 members (excludes halogenated alkanes) is 1. The quantitative estimate of drug-likeness (QED) is 0.154. The molecule has 0 aliphatic rings. The number of benzene rings is 4. The number of aryl methyl sites for hydroxylation is 1. The number of nitrogens with zero attached hydrogens (tertiary/aromatic N) is 2. The third-order valence-electron chi connectivity index (χ3n) is 7.97. The van der Waals surface area contributed by atoms with Gasteiger partial charge in [-0.1, -0.05) is 86.1 Å². The van der Waals surface area contributed by atoms with Gasteiger partial charge in [0.05, 0.1) is 24.8 Å². The molecule has 0 saturated heterocycles. The number of carbonyl (C=O) groups excluding carboxylic acids is 2. The van der Waals surface area contributed by atoms with Crippen LogP contribution in [0, 0.1) is 6.92 Å². The SMILES string of the molecule is CCCCNC(=O)[C@H](Cc1ccccc1)N(Cc1ccccc1C)C(=O)CN(c1cc(OC)ccc1OC)S(=O)(=O)c1ccccc1. The Bertz CT molecular complexity index is 1730. The molecule has 2 amide bonds. The van der Waals surface area contributed by atoms with Crippen LogP contribution in [0.5, 0.6) is 11.5 Å². The molecule has 0 spiro atoms. The molecule has 248 valence electrons. The number of sulfonamides is 1. The lowest BCUT2D eigenvalue weighted by molar-refractivity contribution is -0.140. The monoisotopic (exact) mass is 657 g/mol. The molecule has 4 rings (SSSR count). The minimum Gasteiger partial charge on any atom is -0.497 e. The smallest absolute Gasteiger partial charge is 0.264 e. The van der Waals surface area contributed by atoms with E-state index in [9.17, 15) is 18.0 Å². The highest BCUT2D eigenvalue weighted by Gasteiger charge is 2.35. The van der Waals surface area contributed by atoms with Gasteiger partial charge in [0, 0.05) is 25.6 Å². The van der Waals surface area contributed by atoms with Crippen molar-refractivity contribution in [3.63, 3.8) is 0 Å². The fourth-order valence-electron chi connectivity index (χ4n) is 5.26. The fraction of sp³-hybridized carbons (Fsp3) is 0.297. The van der Waals surface area contributed by atoms with Gasteiger partial charge < -0.3 is 19.7 Å². The zero-order valence-electron chi connectivity index (χ0n) is 27.4. The number of anilines is 1. The van der Waals surface area contributed by atoms with Crippen LogP contribution < -0.4 is 19.1 Å². The summed E-state index contributed by atoms with van der Waals surface area (Å²) in [6, 6.07) is 28.9. The Morgan fingerprint density at radius 2 is 1.51 bits per heavy atom. The van der Waals surface area contributed by atoms with Gasteiger partial charge in [0.1, 0.15) is 24.1 Å². The maximum absolute atomic E-state index is 14.7. The summed E-state index contributed by atoms with van der Waals surface area (Å²) in [6.07, 6.45) is 1.92. The number of rotatable bonds is 16. The van der Waals surface area contributed by atoms with E-state index in [0.29, 0.717) is 12.3 Å². The number of hydrogen-bond donors (Lipinski definition) is 1. The van der Waals surface area contributed by atoms with Crippen LogP contribution in [-0.2, 0) is 32.6 Å². The Labute approximate surface area is 278 Å². The number of carbonyl (C=O) groups is 2. The maximum atomic E-state index is 14.7. The molecule has 0 saturated carbocycles. The van der Waals surface area contributed by atoms with Gasteiger partial charge in [-0.25, -0.2) is 8.42 Å². The van der Waals surface area contributed by atoms with E-state index >= 15 is 0 Å². The minimum atomic E-state index is -4.29. The van der Waals surface area contributed by atoms with Crippen molar-refractivity contribution in [3.05, 3.63) is 120 Å². The molecule has 0 fully saturated rings. The van der Waals surface area contributed by atoms with E-state index in [4.69, 9.17) is 9.47 Å². The van der Waals surface area contributed by atoms with Crippen LogP contribution >= 0.6 is 0 Å². The molecule has 1 N–H and O–H groups in total. The van der Waals surface area contributed by atoms with E-state index in [1.54, 1.807) is 30.3 Å². The van der Waals surface area contributed by atoms with E-state index in [1.165, 1.54) is 37.3 Å². The third kappa shape index (κ3) is 8.92. The summed E-state index contributed by atoms with van der Waals surface area (Å²) in [5.41, 5.74) is 2.79. The summed E-state index contributed by atoms with van der Waals surface area (Å²) in [7, 11) is -1.39. The van der Waals surface area contributed by atoms with E-state index in [2.05, 4.69) is 5.32 Å². The topological polar surface area (TPSA) is 105 Å². The number of nitrogens with one attached hydrogen (secondary N) is 1. The van der Waals surface area contributed by atoms with E-state index in [1.807, 2.05) is 68.4 Å². The van der Waals surface area contributed by atoms with Crippen LogP contribution in [-0.4, -0.2) is 58.5 Å². The first-order valence-corrected chi connectivity index (χ1v) is 17.1. The first-order valence-electron chi connectivity index (χ1n) is 15.6. The Morgan fingerprint density at radius 3 is 2.15 bits per heavy atom. The lowest BCUT2D eigenvalue weighted by Crippen LogP contribution is -2.53. The maximum Gasteiger partial charge on any atom is 0.264 e. The van der Waals surface area contributed by atoms with Gasteiger partial charge in [0.15, 0.2) is 0 Å². The normalized spacial score (nSPS) is 11.7. The summed E-state index contributed by atoms with van der Waals surface area (Å²) in [5.74, 6) is -0.234. The molecule has 0 aliphatic heterocycles. The van der Waals surface area contributed by atoms with Crippen LogP contribution in [0.15, 0.2) is 108 Å². The zero-order valence-corrected chi connectivity index (χ0v) is 28.2. The van der Waals surface area contributed by atoms with Gasteiger partial charge in [-0.2, -0.15) is 0 Å². The van der Waals surface area contributed by atoms with Crippen molar-refractivity contribution in [1.29, 1.82) is 0 Å². The van der Waals surface area contributed by atoms with Crippen LogP contribution in [0.1, 0.15) is 36.5 Å². The largest absolute Gasteiger partial charge is 0.497 e. The summed E-state index contributed by atoms with van der Waals surface area (Å²) < 4.78 is 40.7. The zero-order chi connectivity index (χ0) is 33.8. The van der Waals surface area contributed by atoms with Gasteiger partial charge in [-0.05, 0) is 54.3 Å². The average molecular weight is 658 g/mol.